The minimum Gasteiger partial charge on any atom is -0.351 e. The van der Waals surface area contributed by atoms with Crippen LogP contribution >= 0.6 is 11.3 Å². The fourth-order valence-corrected chi connectivity index (χ4v) is 2.18. The number of nitrogens with one attached hydrogen (secondary N) is 1. The molecule has 0 aliphatic carbocycles. The molecule has 0 aliphatic heterocycles. The highest BCUT2D eigenvalue weighted by molar-refractivity contribution is 7.14. The molecule has 3 aromatic rings. The zero-order valence-corrected chi connectivity index (χ0v) is 10.4. The molecular weight excluding hydrogens is 276 g/mol. The Morgan fingerprint density at radius 3 is 2.90 bits per heavy atom. The summed E-state index contributed by atoms with van der Waals surface area (Å²) < 4.78 is 4.76. The third-order valence-electron chi connectivity index (χ3n) is 2.34. The van der Waals surface area contributed by atoms with Gasteiger partial charge in [0, 0.05) is 29.4 Å². The minimum absolute atomic E-state index is 0. The van der Waals surface area contributed by atoms with Crippen LogP contribution in [0.4, 0.5) is 5.13 Å². The van der Waals surface area contributed by atoms with Crippen molar-refractivity contribution in [3.63, 3.8) is 0 Å². The van der Waals surface area contributed by atoms with Gasteiger partial charge < -0.3 is 4.52 Å². The molecule has 0 saturated carbocycles. The number of anilines is 1. The first-order valence-electron chi connectivity index (χ1n) is 5.41. The van der Waals surface area contributed by atoms with E-state index in [2.05, 4.69) is 20.4 Å². The molecule has 0 unspecified atom stereocenters. The Balaban J connectivity index is 0.00000147. The molecular formula is C13H12N4O2S. The summed E-state index contributed by atoms with van der Waals surface area (Å²) in [5.74, 6) is -0.220. The zero-order valence-electron chi connectivity index (χ0n) is 9.61. The number of hydrogen-bond acceptors (Lipinski definition) is 6. The fourth-order valence-electron chi connectivity index (χ4n) is 1.47. The third-order valence-corrected chi connectivity index (χ3v) is 3.10. The molecule has 1 N–H and O–H groups in total. The van der Waals surface area contributed by atoms with Gasteiger partial charge in [-0.05, 0) is 12.1 Å². The van der Waals surface area contributed by atoms with Crippen molar-refractivity contribution in [1.82, 2.24) is 15.1 Å². The number of nitrogens with zero attached hydrogens (tertiary/aromatic N) is 3. The van der Waals surface area contributed by atoms with Crippen molar-refractivity contribution in [1.29, 1.82) is 0 Å². The Bertz CT molecular complexity index is 679. The second kappa shape index (κ2) is 6.07. The summed E-state index contributed by atoms with van der Waals surface area (Å²) in [5, 5.41) is 8.48. The third kappa shape index (κ3) is 2.89. The van der Waals surface area contributed by atoms with E-state index in [9.17, 15) is 4.79 Å². The number of carbonyl (C=O) groups is 1. The van der Waals surface area contributed by atoms with E-state index in [0.717, 1.165) is 11.3 Å². The Morgan fingerprint density at radius 1 is 1.30 bits per heavy atom. The topological polar surface area (TPSA) is 80.9 Å². The molecule has 0 atom stereocenters. The van der Waals surface area contributed by atoms with Crippen LogP contribution in [0.3, 0.4) is 0 Å². The fraction of sp³-hybridized carbons (Fsp3) is 0.0769. The average Bonchev–Trinajstić information content (AvgIpc) is 3.11. The number of carbonyl (C=O) groups excluding carboxylic acids is 1. The van der Waals surface area contributed by atoms with E-state index < -0.39 is 0 Å². The van der Waals surface area contributed by atoms with Crippen LogP contribution in [0.2, 0.25) is 0 Å². The molecule has 6 nitrogen and oxygen atoms in total. The van der Waals surface area contributed by atoms with Crippen molar-refractivity contribution < 1.29 is 9.32 Å². The van der Waals surface area contributed by atoms with Gasteiger partial charge >= 0.3 is 0 Å². The molecule has 0 aliphatic rings. The summed E-state index contributed by atoms with van der Waals surface area (Å²) in [4.78, 5) is 20.1. The van der Waals surface area contributed by atoms with Crippen LogP contribution in [-0.2, 0) is 0 Å². The van der Waals surface area contributed by atoms with Crippen molar-refractivity contribution in [3.05, 3.63) is 47.9 Å². The molecule has 0 fully saturated rings. The van der Waals surface area contributed by atoms with Gasteiger partial charge in [0.05, 0.1) is 11.9 Å². The lowest BCUT2D eigenvalue weighted by atomic mass is 10.2. The molecule has 1 amide bonds. The van der Waals surface area contributed by atoms with E-state index >= 15 is 0 Å². The lowest BCUT2D eigenvalue weighted by molar-refractivity contribution is 0.0988. The summed E-state index contributed by atoms with van der Waals surface area (Å²) in [7, 11) is 0. The van der Waals surface area contributed by atoms with Crippen LogP contribution in [-0.4, -0.2) is 21.0 Å². The number of aromatic nitrogens is 3. The molecule has 0 saturated heterocycles. The van der Waals surface area contributed by atoms with Crippen molar-refractivity contribution in [3.8, 4) is 11.3 Å². The number of amides is 1. The van der Waals surface area contributed by atoms with Gasteiger partial charge in [0.1, 0.15) is 0 Å². The van der Waals surface area contributed by atoms with Crippen LogP contribution in [0.25, 0.3) is 11.3 Å². The zero-order chi connectivity index (χ0) is 13.1. The van der Waals surface area contributed by atoms with Gasteiger partial charge in [-0.25, -0.2) is 4.98 Å². The molecule has 7 heteroatoms. The minimum atomic E-state index is -0.371. The molecule has 20 heavy (non-hydrogen) atoms. The van der Waals surface area contributed by atoms with Crippen LogP contribution < -0.4 is 5.32 Å². The standard InChI is InChI=1S/C12H8N4O2S.CH4/c17-11(10-3-5-14-18-10)16-12-15-9(7-19-12)8-2-1-4-13-6-8;/h1-7H,(H,15,16,17);1H4. The monoisotopic (exact) mass is 288 g/mol. The number of rotatable bonds is 3. The largest absolute Gasteiger partial charge is 0.351 e. The second-order valence-corrected chi connectivity index (χ2v) is 4.47. The molecule has 0 bridgehead atoms. The SMILES string of the molecule is C.O=C(Nc1nc(-c2cccnc2)cs1)c1ccno1. The molecule has 0 aromatic carbocycles. The van der Waals surface area contributed by atoms with E-state index in [0.29, 0.717) is 5.13 Å². The summed E-state index contributed by atoms with van der Waals surface area (Å²) in [6.45, 7) is 0. The van der Waals surface area contributed by atoms with E-state index in [1.54, 1.807) is 12.4 Å². The molecule has 3 rings (SSSR count). The number of hydrogen-bond donors (Lipinski definition) is 1. The Morgan fingerprint density at radius 2 is 2.20 bits per heavy atom. The highest BCUT2D eigenvalue weighted by Crippen LogP contribution is 2.24. The summed E-state index contributed by atoms with van der Waals surface area (Å²) >= 11 is 1.34. The van der Waals surface area contributed by atoms with Crippen LogP contribution in [0.15, 0.2) is 46.7 Å². The van der Waals surface area contributed by atoms with Crippen LogP contribution in [0, 0.1) is 0 Å². The van der Waals surface area contributed by atoms with E-state index in [1.165, 1.54) is 23.6 Å². The normalized spacial score (nSPS) is 9.80. The average molecular weight is 288 g/mol. The van der Waals surface area contributed by atoms with Gasteiger partial charge in [0.25, 0.3) is 5.91 Å². The van der Waals surface area contributed by atoms with E-state index in [1.807, 2.05) is 17.5 Å². The molecule has 0 radical (unpaired) electrons. The second-order valence-electron chi connectivity index (χ2n) is 3.61. The lowest BCUT2D eigenvalue weighted by Gasteiger charge is -1.96. The first kappa shape index (κ1) is 13.9. The Kier molecular flexibility index (Phi) is 4.21. The van der Waals surface area contributed by atoms with Gasteiger partial charge in [0.2, 0.25) is 5.76 Å². The number of thiazole rings is 1. The van der Waals surface area contributed by atoms with Gasteiger partial charge in [0.15, 0.2) is 5.13 Å². The Labute approximate surface area is 119 Å². The van der Waals surface area contributed by atoms with Crippen molar-refractivity contribution in [2.24, 2.45) is 0 Å². The molecule has 102 valence electrons. The van der Waals surface area contributed by atoms with E-state index in [-0.39, 0.29) is 19.1 Å². The van der Waals surface area contributed by atoms with Crippen LogP contribution in [0.1, 0.15) is 18.0 Å². The number of pyridine rings is 1. The maximum Gasteiger partial charge on any atom is 0.296 e. The predicted octanol–water partition coefficient (Wildman–Crippen LogP) is 3.08. The smallest absolute Gasteiger partial charge is 0.296 e. The van der Waals surface area contributed by atoms with Gasteiger partial charge in [-0.3, -0.25) is 15.1 Å². The summed E-state index contributed by atoms with van der Waals surface area (Å²) in [6, 6.07) is 5.23. The van der Waals surface area contributed by atoms with Crippen molar-refractivity contribution in [2.75, 3.05) is 5.32 Å². The Hall–Kier alpha value is -2.54. The van der Waals surface area contributed by atoms with Crippen molar-refractivity contribution >= 4 is 22.4 Å². The summed E-state index contributed by atoms with van der Waals surface area (Å²) in [5.41, 5.74) is 1.67. The molecule has 3 heterocycles. The van der Waals surface area contributed by atoms with Crippen molar-refractivity contribution in [2.45, 2.75) is 7.43 Å². The maximum absolute atomic E-state index is 11.7. The first-order chi connectivity index (χ1) is 9.33. The van der Waals surface area contributed by atoms with Gasteiger partial charge in [-0.15, -0.1) is 11.3 Å². The quantitative estimate of drug-likeness (QED) is 0.801. The first-order valence-corrected chi connectivity index (χ1v) is 6.29. The maximum atomic E-state index is 11.7. The van der Waals surface area contributed by atoms with Gasteiger partial charge in [-0.1, -0.05) is 12.6 Å². The van der Waals surface area contributed by atoms with E-state index in [4.69, 9.17) is 4.52 Å². The lowest BCUT2D eigenvalue weighted by Crippen LogP contribution is -2.10. The highest BCUT2D eigenvalue weighted by Gasteiger charge is 2.12. The molecule has 0 spiro atoms. The van der Waals surface area contributed by atoms with Crippen LogP contribution in [0.5, 0.6) is 0 Å². The van der Waals surface area contributed by atoms with Gasteiger partial charge in [-0.2, -0.15) is 0 Å². The predicted molar refractivity (Wildman–Crippen MR) is 76.5 cm³/mol. The highest BCUT2D eigenvalue weighted by atomic mass is 32.1. The summed E-state index contributed by atoms with van der Waals surface area (Å²) in [6.07, 6.45) is 4.83. The molecule has 3 aromatic heterocycles.